The molecule has 7 heteroatoms. The Kier molecular flexibility index (Phi) is 4.79. The van der Waals surface area contributed by atoms with Gasteiger partial charge in [0.2, 0.25) is 0 Å². The van der Waals surface area contributed by atoms with E-state index in [2.05, 4.69) is 4.98 Å². The highest BCUT2D eigenvalue weighted by Gasteiger charge is 2.17. The molecular formula is C24H18ClFN4O. The molecule has 0 aliphatic carbocycles. The molecule has 0 atom stereocenters. The second-order valence-corrected chi connectivity index (χ2v) is 7.79. The lowest BCUT2D eigenvalue weighted by Gasteiger charge is -2.08. The molecule has 0 aliphatic rings. The normalized spacial score (nSPS) is 11.5. The van der Waals surface area contributed by atoms with E-state index in [4.69, 9.17) is 16.7 Å². The molecule has 0 spiro atoms. The van der Waals surface area contributed by atoms with Crippen LogP contribution in [-0.4, -0.2) is 19.2 Å². The number of aryl methyl sites for hydroxylation is 1. The number of halogens is 2. The number of benzene rings is 2. The van der Waals surface area contributed by atoms with Gasteiger partial charge in [-0.1, -0.05) is 42.8 Å². The summed E-state index contributed by atoms with van der Waals surface area (Å²) < 4.78 is 16.8. The summed E-state index contributed by atoms with van der Waals surface area (Å²) in [5, 5.41) is 5.86. The lowest BCUT2D eigenvalue weighted by atomic mass is 10.0. The Bertz CT molecular complexity index is 1470. The van der Waals surface area contributed by atoms with Crippen molar-refractivity contribution in [2.75, 3.05) is 0 Å². The third-order valence-electron chi connectivity index (χ3n) is 5.39. The molecule has 154 valence electrons. The van der Waals surface area contributed by atoms with Gasteiger partial charge in [-0.15, -0.1) is 0 Å². The monoisotopic (exact) mass is 432 g/mol. The number of hydrogen-bond acceptors (Lipinski definition) is 3. The largest absolute Gasteiger partial charge is 0.310 e. The third-order valence-corrected chi connectivity index (χ3v) is 5.64. The van der Waals surface area contributed by atoms with E-state index in [0.717, 1.165) is 22.4 Å². The Morgan fingerprint density at radius 2 is 1.77 bits per heavy atom. The van der Waals surface area contributed by atoms with Crippen LogP contribution in [0.3, 0.4) is 0 Å². The maximum absolute atomic E-state index is 13.4. The summed E-state index contributed by atoms with van der Waals surface area (Å²) in [6.07, 6.45) is 4.05. The predicted molar refractivity (Wildman–Crippen MR) is 120 cm³/mol. The number of fused-ring (bicyclic) bond motifs is 3. The minimum Gasteiger partial charge on any atom is -0.310 e. The van der Waals surface area contributed by atoms with Crippen LogP contribution in [0.5, 0.6) is 0 Å². The highest BCUT2D eigenvalue weighted by atomic mass is 35.5. The number of pyridine rings is 1. The maximum Gasteiger partial charge on any atom is 0.261 e. The molecule has 3 aromatic heterocycles. The molecule has 0 unspecified atom stereocenters. The minimum absolute atomic E-state index is 0.140. The molecule has 5 aromatic rings. The van der Waals surface area contributed by atoms with Gasteiger partial charge in [-0.05, 0) is 47.9 Å². The van der Waals surface area contributed by atoms with Gasteiger partial charge < -0.3 is 4.57 Å². The summed E-state index contributed by atoms with van der Waals surface area (Å²) in [7, 11) is 0. The molecule has 5 rings (SSSR count). The van der Waals surface area contributed by atoms with E-state index in [1.807, 2.05) is 25.1 Å². The summed E-state index contributed by atoms with van der Waals surface area (Å²) in [5.74, 6) is -0.294. The Labute approximate surface area is 182 Å². The fourth-order valence-electron chi connectivity index (χ4n) is 3.83. The Morgan fingerprint density at radius 1 is 1.03 bits per heavy atom. The molecule has 0 aliphatic heterocycles. The molecule has 0 saturated heterocycles. The summed E-state index contributed by atoms with van der Waals surface area (Å²) in [6.45, 7) is 2.44. The number of rotatable bonds is 4. The van der Waals surface area contributed by atoms with Gasteiger partial charge in [-0.2, -0.15) is 5.10 Å². The van der Waals surface area contributed by atoms with Crippen LogP contribution >= 0.6 is 11.6 Å². The quantitative estimate of drug-likeness (QED) is 0.396. The molecular weight excluding hydrogens is 415 g/mol. The zero-order valence-corrected chi connectivity index (χ0v) is 17.5. The van der Waals surface area contributed by atoms with Crippen molar-refractivity contribution in [3.63, 3.8) is 0 Å². The van der Waals surface area contributed by atoms with E-state index < -0.39 is 0 Å². The first-order chi connectivity index (χ1) is 15.0. The van der Waals surface area contributed by atoms with E-state index in [-0.39, 0.29) is 11.4 Å². The summed E-state index contributed by atoms with van der Waals surface area (Å²) >= 11 is 5.95. The highest BCUT2D eigenvalue weighted by Crippen LogP contribution is 2.29. The molecule has 3 heterocycles. The zero-order valence-electron chi connectivity index (χ0n) is 16.7. The first-order valence-electron chi connectivity index (χ1n) is 9.95. The fraction of sp³-hybridized carbons (Fsp3) is 0.125. The molecule has 0 bridgehead atoms. The van der Waals surface area contributed by atoms with E-state index in [1.54, 1.807) is 45.7 Å². The van der Waals surface area contributed by atoms with Gasteiger partial charge in [-0.25, -0.2) is 13.9 Å². The van der Waals surface area contributed by atoms with Crippen molar-refractivity contribution in [2.45, 2.75) is 19.9 Å². The van der Waals surface area contributed by atoms with Gasteiger partial charge in [0.15, 0.2) is 5.65 Å². The lowest BCUT2D eigenvalue weighted by molar-refractivity contribution is 0.628. The smallest absolute Gasteiger partial charge is 0.261 e. The molecule has 0 amide bonds. The van der Waals surface area contributed by atoms with Gasteiger partial charge in [0, 0.05) is 23.0 Å². The third kappa shape index (κ3) is 3.39. The Balaban J connectivity index is 1.67. The van der Waals surface area contributed by atoms with E-state index in [9.17, 15) is 9.18 Å². The Hall–Kier alpha value is -3.51. The zero-order chi connectivity index (χ0) is 21.5. The van der Waals surface area contributed by atoms with Crippen molar-refractivity contribution in [3.05, 3.63) is 99.4 Å². The van der Waals surface area contributed by atoms with E-state index >= 15 is 0 Å². The molecule has 0 N–H and O–H groups in total. The van der Waals surface area contributed by atoms with Crippen LogP contribution in [0, 0.1) is 5.82 Å². The summed E-state index contributed by atoms with van der Waals surface area (Å²) in [4.78, 5) is 17.7. The van der Waals surface area contributed by atoms with Crippen LogP contribution in [-0.2, 0) is 13.0 Å². The molecule has 0 fully saturated rings. The average molecular weight is 433 g/mol. The van der Waals surface area contributed by atoms with E-state index in [0.29, 0.717) is 34.5 Å². The number of aromatic nitrogens is 4. The molecule has 31 heavy (non-hydrogen) atoms. The minimum atomic E-state index is -0.294. The van der Waals surface area contributed by atoms with E-state index in [1.165, 1.54) is 12.1 Å². The highest BCUT2D eigenvalue weighted by molar-refractivity contribution is 6.30. The number of nitrogens with zero attached hydrogens (tertiary/aromatic N) is 4. The predicted octanol–water partition coefficient (Wildman–Crippen LogP) is 5.11. The van der Waals surface area contributed by atoms with Crippen LogP contribution in [0.2, 0.25) is 5.02 Å². The van der Waals surface area contributed by atoms with Crippen LogP contribution in [0.4, 0.5) is 4.39 Å². The van der Waals surface area contributed by atoms with Gasteiger partial charge in [0.05, 0.1) is 23.1 Å². The summed E-state index contributed by atoms with van der Waals surface area (Å²) in [5.41, 5.74) is 4.71. The topological polar surface area (TPSA) is 52.2 Å². The number of hydrogen-bond donors (Lipinski definition) is 0. The first-order valence-corrected chi connectivity index (χ1v) is 10.3. The molecule has 0 radical (unpaired) electrons. The van der Waals surface area contributed by atoms with Gasteiger partial charge in [0.1, 0.15) is 5.82 Å². The Morgan fingerprint density at radius 3 is 2.48 bits per heavy atom. The fourth-order valence-corrected chi connectivity index (χ4v) is 3.95. The van der Waals surface area contributed by atoms with Gasteiger partial charge >= 0.3 is 0 Å². The maximum atomic E-state index is 13.4. The van der Waals surface area contributed by atoms with Gasteiger partial charge in [0.25, 0.3) is 5.56 Å². The first kappa shape index (κ1) is 19.5. The van der Waals surface area contributed by atoms with Crippen molar-refractivity contribution in [1.82, 2.24) is 19.2 Å². The van der Waals surface area contributed by atoms with Crippen LogP contribution in [0.1, 0.15) is 18.2 Å². The standard InChI is InChI=1S/C24H18ClFN4O/c1-2-20-22(16-5-9-18(26)10-6-16)23-27-13-19-21(30(23)28-20)11-12-29(24(19)31)14-15-3-7-17(25)8-4-15/h3-13H,2,14H2,1H3. The molecule has 5 nitrogen and oxygen atoms in total. The molecule has 2 aromatic carbocycles. The van der Waals surface area contributed by atoms with Crippen molar-refractivity contribution in [3.8, 4) is 11.1 Å². The van der Waals surface area contributed by atoms with Crippen molar-refractivity contribution < 1.29 is 4.39 Å². The van der Waals surface area contributed by atoms with Crippen LogP contribution in [0.25, 0.3) is 27.7 Å². The summed E-state index contributed by atoms with van der Waals surface area (Å²) in [6, 6.07) is 15.6. The SMILES string of the molecule is CCc1nn2c(ncc3c(=O)n(Cc4ccc(Cl)cc4)ccc32)c1-c1ccc(F)cc1. The second kappa shape index (κ2) is 7.63. The van der Waals surface area contributed by atoms with Crippen LogP contribution < -0.4 is 5.56 Å². The van der Waals surface area contributed by atoms with Crippen molar-refractivity contribution in [2.24, 2.45) is 0 Å². The lowest BCUT2D eigenvalue weighted by Crippen LogP contribution is -2.21. The second-order valence-electron chi connectivity index (χ2n) is 7.35. The van der Waals surface area contributed by atoms with Crippen molar-refractivity contribution >= 4 is 28.2 Å². The van der Waals surface area contributed by atoms with Crippen LogP contribution in [0.15, 0.2) is 71.8 Å². The molecule has 0 saturated carbocycles. The van der Waals surface area contributed by atoms with Crippen molar-refractivity contribution in [1.29, 1.82) is 0 Å². The average Bonchev–Trinajstić information content (AvgIpc) is 3.17. The van der Waals surface area contributed by atoms with Gasteiger partial charge in [-0.3, -0.25) is 4.79 Å².